The van der Waals surface area contributed by atoms with Gasteiger partial charge in [-0.2, -0.15) is 13.2 Å². The first kappa shape index (κ1) is 54.5. The van der Waals surface area contributed by atoms with Crippen molar-refractivity contribution in [1.82, 2.24) is 20.4 Å². The summed E-state index contributed by atoms with van der Waals surface area (Å²) in [6.45, 7) is 5.57. The Morgan fingerprint density at radius 1 is 0.894 bits per heavy atom. The first-order valence-electron chi connectivity index (χ1n) is 25.1. The van der Waals surface area contributed by atoms with E-state index in [1.54, 1.807) is 0 Å². The topological polar surface area (TPSA) is 231 Å². The molecule has 0 radical (unpaired) electrons. The molecule has 6 rings (SSSR count). The Kier molecular flexibility index (Phi) is 21.0. The number of ether oxygens (including phenoxy) is 4. The number of nitrogens with two attached hydrogens (primary N) is 2. The van der Waals surface area contributed by atoms with Gasteiger partial charge in [0.1, 0.15) is 29.8 Å². The summed E-state index contributed by atoms with van der Waals surface area (Å²) < 4.78 is 57.1. The number of amides is 1. The summed E-state index contributed by atoms with van der Waals surface area (Å²) in [5.74, 6) is -5.35. The predicted molar refractivity (Wildman–Crippen MR) is 240 cm³/mol. The molecule has 0 saturated carbocycles. The highest BCUT2D eigenvalue weighted by molar-refractivity contribution is 5.82. The van der Waals surface area contributed by atoms with Crippen molar-refractivity contribution in [1.29, 1.82) is 0 Å². The molecule has 0 aromatic heterocycles. The van der Waals surface area contributed by atoms with E-state index in [0.717, 1.165) is 103 Å². The van der Waals surface area contributed by atoms with Gasteiger partial charge >= 0.3 is 18.1 Å². The van der Waals surface area contributed by atoms with Gasteiger partial charge in [-0.15, -0.1) is 0 Å². The predicted octanol–water partition coefficient (Wildman–Crippen LogP) is 5.62. The maximum Gasteiger partial charge on any atom is 0.490 e. The van der Waals surface area contributed by atoms with Crippen LogP contribution in [0.5, 0.6) is 0 Å². The maximum atomic E-state index is 14.1. The minimum Gasteiger partial charge on any atom is -0.475 e. The molecule has 0 aromatic rings. The highest BCUT2D eigenvalue weighted by Gasteiger charge is 2.64. The molecule has 6 aliphatic heterocycles. The molecular weight excluding hydrogens is 866 g/mol. The molecule has 11 atom stereocenters. The number of unbranched alkanes of at least 4 members (excludes halogenated alkanes) is 11. The van der Waals surface area contributed by atoms with E-state index in [9.17, 15) is 33.0 Å². The molecule has 0 aliphatic carbocycles. The number of carbonyl (C=O) groups is 3. The number of halogens is 3. The summed E-state index contributed by atoms with van der Waals surface area (Å²) in [6.07, 6.45) is 20.5. The van der Waals surface area contributed by atoms with Gasteiger partial charge in [0.05, 0.1) is 18.8 Å². The van der Waals surface area contributed by atoms with Crippen molar-refractivity contribution < 1.29 is 61.8 Å². The van der Waals surface area contributed by atoms with Crippen molar-refractivity contribution in [3.05, 3.63) is 12.2 Å². The average Bonchev–Trinajstić information content (AvgIpc) is 3.86. The summed E-state index contributed by atoms with van der Waals surface area (Å²) in [4.78, 5) is 39.8. The number of rotatable bonds is 23. The Bertz CT molecular complexity index is 1570. The van der Waals surface area contributed by atoms with Gasteiger partial charge in [-0.25, -0.2) is 4.79 Å². The van der Waals surface area contributed by atoms with Gasteiger partial charge in [0.15, 0.2) is 6.23 Å². The third-order valence-corrected chi connectivity index (χ3v) is 14.3. The van der Waals surface area contributed by atoms with Crippen molar-refractivity contribution in [2.75, 3.05) is 26.2 Å². The summed E-state index contributed by atoms with van der Waals surface area (Å²) in [6, 6.07) is 0.454. The van der Waals surface area contributed by atoms with Gasteiger partial charge in [0.25, 0.3) is 5.91 Å². The summed E-state index contributed by atoms with van der Waals surface area (Å²) in [5.41, 5.74) is 10.2. The summed E-state index contributed by atoms with van der Waals surface area (Å²) in [7, 11) is 0. The van der Waals surface area contributed by atoms with Crippen molar-refractivity contribution >= 4 is 17.8 Å². The highest BCUT2D eigenvalue weighted by atomic mass is 19.4. The molecule has 16 nitrogen and oxygen atoms in total. The van der Waals surface area contributed by atoms with E-state index in [1.807, 2.05) is 0 Å². The van der Waals surface area contributed by atoms with Gasteiger partial charge < -0.3 is 50.6 Å². The fourth-order valence-electron chi connectivity index (χ4n) is 11.1. The number of carboxylic acids is 1. The largest absolute Gasteiger partial charge is 0.490 e. The number of nitrogens with zero attached hydrogens (tertiary/aromatic N) is 2. The third kappa shape index (κ3) is 14.3. The minimum atomic E-state index is -5.08. The lowest BCUT2D eigenvalue weighted by atomic mass is 9.79. The fraction of sp³-hybridized carbons (Fsp3) is 0.894. The van der Waals surface area contributed by atoms with Crippen molar-refractivity contribution in [3.63, 3.8) is 0 Å². The number of esters is 1. The normalized spacial score (nSPS) is 34.5. The smallest absolute Gasteiger partial charge is 0.475 e. The molecule has 66 heavy (non-hydrogen) atoms. The van der Waals surface area contributed by atoms with Crippen LogP contribution in [0.15, 0.2) is 12.2 Å². The molecule has 0 aromatic carbocycles. The number of nitrogens with one attached hydrogen (secondary N) is 2. The van der Waals surface area contributed by atoms with Crippen LogP contribution in [0.3, 0.4) is 0 Å². The standard InChI is InChI=1S/C45H80N6O8.C2HF3O2/c1-3-4-20-35-24-26-43(58-35)32-34-22-23-36-38(44(25-17-19-33(2)57-44)49-42(48-43)51(34)36)40(53)56-31-16-14-12-10-8-6-5-7-9-11-13-15-21-37-39(52)50(30-18-28-46)41(54)45(55,59-37)27-29-47;3-2(4,5)1(6)7/h4,20,33-38,41-42,48-49,54-55H,3,5-19,21-32,46-47H2,1-2H3;(H,6,7)/b20-4+;/t33-,34+,35+,36-,37-,38-,41-,42?,43+,44-,45+;/m0./s1. The molecule has 1 amide bonds. The highest BCUT2D eigenvalue weighted by Crippen LogP contribution is 2.50. The molecule has 0 bridgehead atoms. The number of morpholine rings is 1. The van der Waals surface area contributed by atoms with Gasteiger partial charge in [0.2, 0.25) is 5.79 Å². The van der Waals surface area contributed by atoms with Gasteiger partial charge in [-0.3, -0.25) is 25.1 Å². The number of carbonyl (C=O) groups excluding carboxylic acids is 2. The molecular formula is C47H81F3N6O10. The zero-order valence-electron chi connectivity index (χ0n) is 39.5. The number of hydrogen-bond acceptors (Lipinski definition) is 14. The quantitative estimate of drug-likeness (QED) is 0.0374. The molecule has 380 valence electrons. The van der Waals surface area contributed by atoms with Crippen molar-refractivity contribution in [2.24, 2.45) is 17.4 Å². The first-order valence-corrected chi connectivity index (χ1v) is 25.1. The summed E-state index contributed by atoms with van der Waals surface area (Å²) in [5, 5.41) is 36.4. The van der Waals surface area contributed by atoms with E-state index < -0.39 is 36.0 Å². The second kappa shape index (κ2) is 25.4. The van der Waals surface area contributed by atoms with Crippen LogP contribution in [0.4, 0.5) is 13.2 Å². The van der Waals surface area contributed by atoms with E-state index in [0.29, 0.717) is 32.0 Å². The molecule has 6 fully saturated rings. The van der Waals surface area contributed by atoms with Crippen LogP contribution in [0.25, 0.3) is 0 Å². The van der Waals surface area contributed by atoms with Crippen LogP contribution in [0, 0.1) is 5.92 Å². The number of hydrogen-bond donors (Lipinski definition) is 7. The van der Waals surface area contributed by atoms with Crippen LogP contribution in [0.1, 0.15) is 168 Å². The van der Waals surface area contributed by atoms with Crippen LogP contribution in [-0.4, -0.2) is 136 Å². The van der Waals surface area contributed by atoms with Crippen molar-refractivity contribution in [2.45, 2.75) is 234 Å². The van der Waals surface area contributed by atoms with E-state index in [4.69, 9.17) is 40.3 Å². The van der Waals surface area contributed by atoms with E-state index in [1.165, 1.54) is 37.0 Å². The molecule has 19 heteroatoms. The lowest BCUT2D eigenvalue weighted by molar-refractivity contribution is -0.325. The Hall–Kier alpha value is -2.46. The monoisotopic (exact) mass is 947 g/mol. The Morgan fingerprint density at radius 2 is 1.55 bits per heavy atom. The Labute approximate surface area is 389 Å². The van der Waals surface area contributed by atoms with Crippen LogP contribution in [0.2, 0.25) is 0 Å². The molecule has 1 unspecified atom stereocenters. The van der Waals surface area contributed by atoms with Crippen LogP contribution in [-0.2, 0) is 33.3 Å². The Morgan fingerprint density at radius 3 is 2.15 bits per heavy atom. The molecule has 6 heterocycles. The van der Waals surface area contributed by atoms with Gasteiger partial charge in [-0.1, -0.05) is 89.7 Å². The number of alkyl halides is 3. The fourth-order valence-corrected chi connectivity index (χ4v) is 11.1. The lowest BCUT2D eigenvalue weighted by Crippen LogP contribution is -2.81. The second-order valence-electron chi connectivity index (χ2n) is 19.4. The SMILES string of the molecule is CC/C=C/[C@@H]1CC[C@]2(C[C@H]3CC[C@H]4[C@@H](C(=O)OCCCCCCCCCCCCCC[C@@H]5O[C@](O)(CCN)[C@H](O)N(CCCN)C5=O)[C@@]5(CCC[C@H](C)O5)NC(N2)N34)O1.O=C(O)C(F)(F)F. The first-order chi connectivity index (χ1) is 31.5. The zero-order chi connectivity index (χ0) is 48.0. The maximum absolute atomic E-state index is 14.1. The second-order valence-corrected chi connectivity index (χ2v) is 19.4. The van der Waals surface area contributed by atoms with Crippen LogP contribution >= 0.6 is 0 Å². The van der Waals surface area contributed by atoms with E-state index in [-0.39, 0.29) is 67.6 Å². The van der Waals surface area contributed by atoms with Crippen molar-refractivity contribution in [3.8, 4) is 0 Å². The number of carboxylic acid groups (broad SMARTS) is 1. The molecule has 9 N–H and O–H groups in total. The van der Waals surface area contributed by atoms with Gasteiger partial charge in [0, 0.05) is 31.5 Å². The van der Waals surface area contributed by atoms with Crippen LogP contribution < -0.4 is 22.1 Å². The third-order valence-electron chi connectivity index (χ3n) is 14.3. The number of aliphatic hydroxyl groups is 2. The number of aliphatic carboxylic acids is 1. The Balaban J connectivity index is 0.00000108. The summed E-state index contributed by atoms with van der Waals surface area (Å²) >= 11 is 0. The average molecular weight is 947 g/mol. The van der Waals surface area contributed by atoms with E-state index >= 15 is 0 Å². The molecule has 6 saturated heterocycles. The van der Waals surface area contributed by atoms with Gasteiger partial charge in [-0.05, 0) is 90.6 Å². The molecule has 6 aliphatic rings. The minimum absolute atomic E-state index is 0.0513. The number of aliphatic hydroxyl groups excluding tert-OH is 1. The zero-order valence-corrected chi connectivity index (χ0v) is 39.5. The number of allylic oxidation sites excluding steroid dienone is 1. The molecule has 2 spiro atoms. The van der Waals surface area contributed by atoms with E-state index in [2.05, 4.69) is 41.5 Å². The lowest BCUT2D eigenvalue weighted by Gasteiger charge is -2.60.